The number of nitrogens with zero attached hydrogens (tertiary/aromatic N) is 4. The van der Waals surface area contributed by atoms with Crippen molar-refractivity contribution in [2.24, 2.45) is 0 Å². The average Bonchev–Trinajstić information content (AvgIpc) is 2.98. The van der Waals surface area contributed by atoms with Crippen LogP contribution in [0, 0.1) is 13.8 Å². The van der Waals surface area contributed by atoms with Crippen LogP contribution in [0.3, 0.4) is 0 Å². The van der Waals surface area contributed by atoms with Gasteiger partial charge in [0.1, 0.15) is 17.2 Å². The fourth-order valence-corrected chi connectivity index (χ4v) is 3.19. The molecular weight excluding hydrogens is 344 g/mol. The first-order valence-electron chi connectivity index (χ1n) is 9.32. The number of ether oxygens (including phenoxy) is 1. The standard InChI is InChI=1S/C19H28N6O2/c1-12-9-17(24-23-12)22-16-10-15(20-13(2)21-16)14-7-6-8-25(11-14)18(26)27-19(3,4)5/h9-10,14H,6-8,11H2,1-5H3,(H2,20,21,22,23,24). The zero-order valence-corrected chi connectivity index (χ0v) is 16.7. The Morgan fingerprint density at radius 3 is 2.70 bits per heavy atom. The van der Waals surface area contributed by atoms with Crippen molar-refractivity contribution >= 4 is 17.7 Å². The summed E-state index contributed by atoms with van der Waals surface area (Å²) < 4.78 is 5.52. The summed E-state index contributed by atoms with van der Waals surface area (Å²) in [6.45, 7) is 10.8. The number of hydrogen-bond acceptors (Lipinski definition) is 6. The van der Waals surface area contributed by atoms with Gasteiger partial charge in [-0.3, -0.25) is 5.10 Å². The van der Waals surface area contributed by atoms with Gasteiger partial charge in [-0.1, -0.05) is 0 Å². The highest BCUT2D eigenvalue weighted by atomic mass is 16.6. The number of aryl methyl sites for hydroxylation is 2. The molecule has 1 saturated heterocycles. The van der Waals surface area contributed by atoms with Crippen LogP contribution in [0.2, 0.25) is 0 Å². The number of carbonyl (C=O) groups is 1. The Kier molecular flexibility index (Phi) is 5.34. The van der Waals surface area contributed by atoms with Gasteiger partial charge in [0.15, 0.2) is 5.82 Å². The normalized spacial score (nSPS) is 17.7. The molecule has 146 valence electrons. The van der Waals surface area contributed by atoms with Crippen molar-refractivity contribution in [1.29, 1.82) is 0 Å². The first-order chi connectivity index (χ1) is 12.7. The van der Waals surface area contributed by atoms with Gasteiger partial charge in [0.05, 0.1) is 5.69 Å². The van der Waals surface area contributed by atoms with Crippen molar-refractivity contribution in [3.63, 3.8) is 0 Å². The number of hydrogen-bond donors (Lipinski definition) is 2. The lowest BCUT2D eigenvalue weighted by atomic mass is 9.94. The lowest BCUT2D eigenvalue weighted by Crippen LogP contribution is -2.42. The molecule has 1 aliphatic heterocycles. The van der Waals surface area contributed by atoms with Gasteiger partial charge < -0.3 is 15.0 Å². The van der Waals surface area contributed by atoms with Crippen LogP contribution in [0.4, 0.5) is 16.4 Å². The van der Waals surface area contributed by atoms with E-state index in [4.69, 9.17) is 4.74 Å². The van der Waals surface area contributed by atoms with Crippen molar-refractivity contribution in [3.8, 4) is 0 Å². The Balaban J connectivity index is 1.74. The smallest absolute Gasteiger partial charge is 0.410 e. The molecule has 1 amide bonds. The molecule has 1 atom stereocenters. The van der Waals surface area contributed by atoms with Gasteiger partial charge >= 0.3 is 6.09 Å². The molecule has 3 rings (SSSR count). The van der Waals surface area contributed by atoms with Crippen LogP contribution >= 0.6 is 0 Å². The van der Waals surface area contributed by atoms with Gasteiger partial charge in [0.25, 0.3) is 0 Å². The number of aromatic nitrogens is 4. The quantitative estimate of drug-likeness (QED) is 0.853. The second-order valence-corrected chi connectivity index (χ2v) is 8.05. The third kappa shape index (κ3) is 5.18. The second-order valence-electron chi connectivity index (χ2n) is 8.05. The maximum Gasteiger partial charge on any atom is 0.410 e. The maximum absolute atomic E-state index is 12.4. The number of rotatable bonds is 3. The molecular formula is C19H28N6O2. The molecule has 27 heavy (non-hydrogen) atoms. The Morgan fingerprint density at radius 2 is 2.04 bits per heavy atom. The Labute approximate surface area is 159 Å². The summed E-state index contributed by atoms with van der Waals surface area (Å²) in [7, 11) is 0. The van der Waals surface area contributed by atoms with E-state index in [0.29, 0.717) is 24.7 Å². The van der Waals surface area contributed by atoms with Gasteiger partial charge in [0.2, 0.25) is 0 Å². The molecule has 1 fully saturated rings. The zero-order valence-electron chi connectivity index (χ0n) is 16.7. The molecule has 8 nitrogen and oxygen atoms in total. The molecule has 2 aromatic heterocycles. The minimum Gasteiger partial charge on any atom is -0.444 e. The number of nitrogens with one attached hydrogen (secondary N) is 2. The van der Waals surface area contributed by atoms with E-state index in [0.717, 1.165) is 30.0 Å². The van der Waals surface area contributed by atoms with Crippen LogP contribution in [-0.2, 0) is 4.74 Å². The molecule has 2 aromatic rings. The summed E-state index contributed by atoms with van der Waals surface area (Å²) in [6.07, 6.45) is 1.65. The lowest BCUT2D eigenvalue weighted by molar-refractivity contribution is 0.0197. The predicted octanol–water partition coefficient (Wildman–Crippen LogP) is 3.67. The van der Waals surface area contributed by atoms with E-state index in [-0.39, 0.29) is 12.0 Å². The number of H-pyrrole nitrogens is 1. The molecule has 0 aliphatic carbocycles. The van der Waals surface area contributed by atoms with Crippen molar-refractivity contribution in [3.05, 3.63) is 29.3 Å². The van der Waals surface area contributed by atoms with Crippen molar-refractivity contribution in [2.45, 2.75) is 59.0 Å². The fraction of sp³-hybridized carbons (Fsp3) is 0.579. The van der Waals surface area contributed by atoms with E-state index in [1.54, 1.807) is 4.90 Å². The van der Waals surface area contributed by atoms with Crippen LogP contribution in [0.25, 0.3) is 0 Å². The van der Waals surface area contributed by atoms with E-state index in [1.807, 2.05) is 46.8 Å². The number of amides is 1. The summed E-state index contributed by atoms with van der Waals surface area (Å²) in [6, 6.07) is 3.86. The Hall–Kier alpha value is -2.64. The summed E-state index contributed by atoms with van der Waals surface area (Å²) >= 11 is 0. The van der Waals surface area contributed by atoms with Crippen LogP contribution in [0.5, 0.6) is 0 Å². The summed E-state index contributed by atoms with van der Waals surface area (Å²) in [5, 5.41) is 10.3. The van der Waals surface area contributed by atoms with Crippen molar-refractivity contribution < 1.29 is 9.53 Å². The summed E-state index contributed by atoms with van der Waals surface area (Å²) in [5.41, 5.74) is 1.42. The topological polar surface area (TPSA) is 96.0 Å². The van der Waals surface area contributed by atoms with Crippen LogP contribution in [0.1, 0.15) is 56.7 Å². The number of anilines is 2. The molecule has 1 aliphatic rings. The van der Waals surface area contributed by atoms with Crippen LogP contribution < -0.4 is 5.32 Å². The molecule has 0 bridgehead atoms. The van der Waals surface area contributed by atoms with Crippen LogP contribution in [0.15, 0.2) is 12.1 Å². The predicted molar refractivity (Wildman–Crippen MR) is 103 cm³/mol. The van der Waals surface area contributed by atoms with Gasteiger partial charge in [-0.05, 0) is 47.5 Å². The number of piperidine rings is 1. The number of carbonyl (C=O) groups excluding carboxylic acids is 1. The average molecular weight is 372 g/mol. The molecule has 8 heteroatoms. The van der Waals surface area contributed by atoms with Gasteiger partial charge in [-0.15, -0.1) is 0 Å². The SMILES string of the molecule is Cc1nc(Nc2cc(C)[nH]n2)cc(C2CCCN(C(=O)OC(C)(C)C)C2)n1. The third-order valence-corrected chi connectivity index (χ3v) is 4.31. The molecule has 0 radical (unpaired) electrons. The maximum atomic E-state index is 12.4. The highest BCUT2D eigenvalue weighted by Crippen LogP contribution is 2.28. The van der Waals surface area contributed by atoms with E-state index in [2.05, 4.69) is 25.5 Å². The van der Waals surface area contributed by atoms with E-state index < -0.39 is 5.60 Å². The number of likely N-dealkylation sites (tertiary alicyclic amines) is 1. The minimum absolute atomic E-state index is 0.162. The zero-order chi connectivity index (χ0) is 19.6. The number of aromatic amines is 1. The molecule has 0 aromatic carbocycles. The Bertz CT molecular complexity index is 811. The molecule has 0 spiro atoms. The van der Waals surface area contributed by atoms with Gasteiger partial charge in [-0.25, -0.2) is 14.8 Å². The van der Waals surface area contributed by atoms with Crippen LogP contribution in [-0.4, -0.2) is 49.8 Å². The molecule has 0 saturated carbocycles. The second kappa shape index (κ2) is 7.54. The molecule has 3 heterocycles. The van der Waals surface area contributed by atoms with Gasteiger partial charge in [0, 0.05) is 36.8 Å². The highest BCUT2D eigenvalue weighted by molar-refractivity contribution is 5.68. The van der Waals surface area contributed by atoms with Gasteiger partial charge in [-0.2, -0.15) is 5.10 Å². The highest BCUT2D eigenvalue weighted by Gasteiger charge is 2.29. The van der Waals surface area contributed by atoms with E-state index >= 15 is 0 Å². The minimum atomic E-state index is -0.492. The summed E-state index contributed by atoms with van der Waals surface area (Å²) in [4.78, 5) is 23.3. The van der Waals surface area contributed by atoms with E-state index in [9.17, 15) is 4.79 Å². The third-order valence-electron chi connectivity index (χ3n) is 4.31. The largest absolute Gasteiger partial charge is 0.444 e. The molecule has 1 unspecified atom stereocenters. The first-order valence-corrected chi connectivity index (χ1v) is 9.32. The summed E-state index contributed by atoms with van der Waals surface area (Å²) in [5.74, 6) is 2.28. The fourth-order valence-electron chi connectivity index (χ4n) is 3.19. The van der Waals surface area contributed by atoms with Crippen molar-refractivity contribution in [2.75, 3.05) is 18.4 Å². The van der Waals surface area contributed by atoms with Crippen molar-refractivity contribution in [1.82, 2.24) is 25.1 Å². The monoisotopic (exact) mass is 372 g/mol. The first kappa shape index (κ1) is 19.1. The van der Waals surface area contributed by atoms with E-state index in [1.165, 1.54) is 0 Å². The molecule has 2 N–H and O–H groups in total. The lowest BCUT2D eigenvalue weighted by Gasteiger charge is -2.34. The Morgan fingerprint density at radius 1 is 1.26 bits per heavy atom.